The molecule has 0 saturated heterocycles. The molecule has 4 atom stereocenters. The molecule has 0 saturated carbocycles. The van der Waals surface area contributed by atoms with Gasteiger partial charge < -0.3 is 48.5 Å². The van der Waals surface area contributed by atoms with Gasteiger partial charge in [0, 0.05) is 19.3 Å². The molecule has 4 unspecified atom stereocenters. The van der Waals surface area contributed by atoms with Crippen molar-refractivity contribution in [3.63, 3.8) is 0 Å². The van der Waals surface area contributed by atoms with Gasteiger partial charge in [-0.05, 0) is 49.9 Å². The zero-order valence-electron chi connectivity index (χ0n) is 22.0. The summed E-state index contributed by atoms with van der Waals surface area (Å²) in [5.41, 5.74) is 16.9. The number of carbonyl (C=O) groups is 6. The van der Waals surface area contributed by atoms with E-state index < -0.39 is 66.2 Å². The van der Waals surface area contributed by atoms with Gasteiger partial charge >= 0.3 is 11.9 Å². The van der Waals surface area contributed by atoms with Crippen molar-refractivity contribution < 1.29 is 44.1 Å². The van der Waals surface area contributed by atoms with Crippen molar-refractivity contribution in [2.75, 3.05) is 6.54 Å². The Bertz CT molecular complexity index is 1030. The number of amides is 4. The minimum absolute atomic E-state index is 0.0505. The van der Waals surface area contributed by atoms with Crippen molar-refractivity contribution in [3.05, 3.63) is 29.8 Å². The lowest BCUT2D eigenvalue weighted by atomic mass is 10.0. The Kier molecular flexibility index (Phi) is 14.7. The van der Waals surface area contributed by atoms with E-state index in [4.69, 9.17) is 22.3 Å². The van der Waals surface area contributed by atoms with E-state index in [9.17, 15) is 39.0 Å². The van der Waals surface area contributed by atoms with Gasteiger partial charge in [0.05, 0.1) is 6.04 Å². The largest absolute Gasteiger partial charge is 0.508 e. The minimum atomic E-state index is -1.49. The third kappa shape index (κ3) is 13.0. The van der Waals surface area contributed by atoms with Crippen molar-refractivity contribution >= 4 is 35.6 Å². The highest BCUT2D eigenvalue weighted by Crippen LogP contribution is 2.12. The standard InChI is InChI=1S/C25H38N6O9/c26-12-2-1-3-16(27)22(36)29-17(9-11-21(34)35)23(37)31-19(13-14-4-6-15(32)7-5-14)24(38)30-18(25(39)40)8-10-20(28)33/h4-7,16-19,32H,1-3,8-13,26-27H2,(H2,28,33)(H,29,36)(H,30,38)(H,31,37)(H,34,35)(H,39,40). The lowest BCUT2D eigenvalue weighted by Crippen LogP contribution is -2.57. The van der Waals surface area contributed by atoms with Crippen LogP contribution >= 0.6 is 0 Å². The highest BCUT2D eigenvalue weighted by Gasteiger charge is 2.31. The van der Waals surface area contributed by atoms with Crippen molar-refractivity contribution in [1.29, 1.82) is 0 Å². The molecule has 0 aliphatic rings. The number of carbonyl (C=O) groups excluding carboxylic acids is 4. The summed E-state index contributed by atoms with van der Waals surface area (Å²) in [7, 11) is 0. The summed E-state index contributed by atoms with van der Waals surface area (Å²) in [5, 5.41) is 35.2. The van der Waals surface area contributed by atoms with E-state index in [1.165, 1.54) is 24.3 Å². The predicted octanol–water partition coefficient (Wildman–Crippen LogP) is -1.94. The third-order valence-electron chi connectivity index (χ3n) is 5.89. The second-order valence-electron chi connectivity index (χ2n) is 9.22. The van der Waals surface area contributed by atoms with Crippen molar-refractivity contribution in [2.45, 2.75) is 75.5 Å². The Morgan fingerprint density at radius 1 is 0.750 bits per heavy atom. The van der Waals surface area contributed by atoms with Crippen LogP contribution in [0.25, 0.3) is 0 Å². The average Bonchev–Trinajstić information content (AvgIpc) is 2.88. The van der Waals surface area contributed by atoms with Crippen LogP contribution < -0.4 is 33.2 Å². The SMILES string of the molecule is NCCCCC(N)C(=O)NC(CCC(=O)O)C(=O)NC(Cc1ccc(O)cc1)C(=O)NC(CCC(N)=O)C(=O)O. The van der Waals surface area contributed by atoms with E-state index in [0.717, 1.165) is 0 Å². The van der Waals surface area contributed by atoms with Gasteiger partial charge in [0.1, 0.15) is 23.9 Å². The molecular formula is C25H38N6O9. The van der Waals surface area contributed by atoms with Gasteiger partial charge in [-0.2, -0.15) is 0 Å². The monoisotopic (exact) mass is 566 g/mol. The maximum atomic E-state index is 13.2. The number of hydrogen-bond acceptors (Lipinski definition) is 9. The summed E-state index contributed by atoms with van der Waals surface area (Å²) in [6.07, 6.45) is -0.0870. The minimum Gasteiger partial charge on any atom is -0.508 e. The van der Waals surface area contributed by atoms with Crippen LogP contribution in [-0.4, -0.2) is 81.6 Å². The first-order valence-electron chi connectivity index (χ1n) is 12.7. The molecule has 0 fully saturated rings. The van der Waals surface area contributed by atoms with Gasteiger partial charge in [-0.3, -0.25) is 24.0 Å². The van der Waals surface area contributed by atoms with Gasteiger partial charge in [-0.1, -0.05) is 18.6 Å². The Labute approximate surface area is 230 Å². The average molecular weight is 567 g/mol. The molecule has 1 aromatic rings. The molecule has 0 spiro atoms. The topological polar surface area (TPSA) is 277 Å². The maximum Gasteiger partial charge on any atom is 0.326 e. The molecule has 0 aliphatic heterocycles. The number of nitrogens with two attached hydrogens (primary N) is 3. The molecular weight excluding hydrogens is 528 g/mol. The van der Waals surface area contributed by atoms with Crippen LogP contribution in [0, 0.1) is 0 Å². The fraction of sp³-hybridized carbons (Fsp3) is 0.520. The molecule has 15 heteroatoms. The van der Waals surface area contributed by atoms with Crippen molar-refractivity contribution in [1.82, 2.24) is 16.0 Å². The molecule has 1 aromatic carbocycles. The van der Waals surface area contributed by atoms with Crippen LogP contribution in [0.15, 0.2) is 24.3 Å². The van der Waals surface area contributed by atoms with Gasteiger partial charge in [0.25, 0.3) is 0 Å². The summed E-state index contributed by atoms with van der Waals surface area (Å²) < 4.78 is 0. The summed E-state index contributed by atoms with van der Waals surface area (Å²) in [5.74, 6) is -5.99. The van der Waals surface area contributed by atoms with Crippen LogP contribution in [0.4, 0.5) is 0 Å². The quantitative estimate of drug-likeness (QED) is 0.0830. The Morgan fingerprint density at radius 3 is 1.85 bits per heavy atom. The summed E-state index contributed by atoms with van der Waals surface area (Å²) in [4.78, 5) is 72.8. The number of carboxylic acids is 2. The second kappa shape index (κ2) is 17.4. The molecule has 0 aromatic heterocycles. The van der Waals surface area contributed by atoms with Gasteiger partial charge in [-0.15, -0.1) is 0 Å². The molecule has 1 rings (SSSR count). The van der Waals surface area contributed by atoms with E-state index in [0.29, 0.717) is 24.9 Å². The van der Waals surface area contributed by atoms with E-state index in [2.05, 4.69) is 16.0 Å². The number of aromatic hydroxyl groups is 1. The lowest BCUT2D eigenvalue weighted by Gasteiger charge is -2.25. The van der Waals surface area contributed by atoms with E-state index in [1.807, 2.05) is 0 Å². The van der Waals surface area contributed by atoms with Crippen LogP contribution in [0.3, 0.4) is 0 Å². The molecule has 0 heterocycles. The fourth-order valence-electron chi connectivity index (χ4n) is 3.62. The van der Waals surface area contributed by atoms with E-state index >= 15 is 0 Å². The highest BCUT2D eigenvalue weighted by molar-refractivity contribution is 5.94. The van der Waals surface area contributed by atoms with Crippen LogP contribution in [0.5, 0.6) is 5.75 Å². The molecule has 0 radical (unpaired) electrons. The highest BCUT2D eigenvalue weighted by atomic mass is 16.4. The number of unbranched alkanes of at least 4 members (excludes halogenated alkanes) is 1. The third-order valence-corrected chi connectivity index (χ3v) is 5.89. The van der Waals surface area contributed by atoms with Crippen molar-refractivity contribution in [3.8, 4) is 5.75 Å². The van der Waals surface area contributed by atoms with E-state index in [1.54, 1.807) is 0 Å². The molecule has 0 bridgehead atoms. The predicted molar refractivity (Wildman–Crippen MR) is 141 cm³/mol. The molecule has 12 N–H and O–H groups in total. The Morgan fingerprint density at radius 2 is 1.30 bits per heavy atom. The molecule has 40 heavy (non-hydrogen) atoms. The molecule has 222 valence electrons. The zero-order valence-corrected chi connectivity index (χ0v) is 22.0. The van der Waals surface area contributed by atoms with Crippen LogP contribution in [-0.2, 0) is 35.2 Å². The zero-order chi connectivity index (χ0) is 30.2. The van der Waals surface area contributed by atoms with E-state index in [-0.39, 0.29) is 37.9 Å². The van der Waals surface area contributed by atoms with Gasteiger partial charge in [-0.25, -0.2) is 4.79 Å². The Balaban J connectivity index is 3.15. The van der Waals surface area contributed by atoms with Gasteiger partial charge in [0.15, 0.2) is 0 Å². The number of primary amides is 1. The number of benzene rings is 1. The summed E-state index contributed by atoms with van der Waals surface area (Å²) >= 11 is 0. The maximum absolute atomic E-state index is 13.2. The smallest absolute Gasteiger partial charge is 0.326 e. The molecule has 4 amide bonds. The summed E-state index contributed by atoms with van der Waals surface area (Å²) in [6, 6.07) is 0.431. The molecule has 15 nitrogen and oxygen atoms in total. The second-order valence-corrected chi connectivity index (χ2v) is 9.22. The number of phenols is 1. The number of carboxylic acid groups (broad SMARTS) is 2. The number of phenolic OH excluding ortho intramolecular Hbond substituents is 1. The number of hydrogen-bond donors (Lipinski definition) is 9. The van der Waals surface area contributed by atoms with Crippen LogP contribution in [0.1, 0.15) is 50.5 Å². The first-order valence-corrected chi connectivity index (χ1v) is 12.7. The number of nitrogens with one attached hydrogen (secondary N) is 3. The first kappa shape index (κ1) is 33.8. The van der Waals surface area contributed by atoms with Crippen molar-refractivity contribution in [2.24, 2.45) is 17.2 Å². The lowest BCUT2D eigenvalue weighted by molar-refractivity contribution is -0.142. The Hall–Kier alpha value is -4.24. The number of rotatable bonds is 19. The van der Waals surface area contributed by atoms with Gasteiger partial charge in [0.2, 0.25) is 23.6 Å². The molecule has 0 aliphatic carbocycles. The number of aliphatic carboxylic acids is 2. The first-order chi connectivity index (χ1) is 18.8. The summed E-state index contributed by atoms with van der Waals surface area (Å²) in [6.45, 7) is 0.410. The normalized spacial score (nSPS) is 13.8. The van der Waals surface area contributed by atoms with Crippen LogP contribution in [0.2, 0.25) is 0 Å². The fourth-order valence-corrected chi connectivity index (χ4v) is 3.62.